The quantitative estimate of drug-likeness (QED) is 0.843. The maximum absolute atomic E-state index is 13.1. The van der Waals surface area contributed by atoms with Crippen LogP contribution in [0.25, 0.3) is 0 Å². The minimum atomic E-state index is 0.126. The van der Waals surface area contributed by atoms with Crippen LogP contribution in [0.2, 0.25) is 0 Å². The summed E-state index contributed by atoms with van der Waals surface area (Å²) in [5.74, 6) is 1.73. The van der Waals surface area contributed by atoms with Gasteiger partial charge < -0.3 is 14.2 Å². The Labute approximate surface area is 148 Å². The first-order valence-electron chi connectivity index (χ1n) is 8.95. The molecule has 0 unspecified atom stereocenters. The van der Waals surface area contributed by atoms with Crippen molar-refractivity contribution >= 4 is 5.91 Å². The Morgan fingerprint density at radius 1 is 1.24 bits per heavy atom. The summed E-state index contributed by atoms with van der Waals surface area (Å²) in [6.07, 6.45) is 4.72. The molecule has 5 heteroatoms. The molecule has 0 spiro atoms. The molecule has 1 atom stereocenters. The Morgan fingerprint density at radius 3 is 2.64 bits per heavy atom. The molecular formula is C20H26N2O3. The molecule has 0 N–H and O–H groups in total. The van der Waals surface area contributed by atoms with E-state index in [-0.39, 0.29) is 11.9 Å². The molecule has 2 aromatic rings. The van der Waals surface area contributed by atoms with Gasteiger partial charge in [0, 0.05) is 12.1 Å². The smallest absolute Gasteiger partial charge is 0.227 e. The lowest BCUT2D eigenvalue weighted by Crippen LogP contribution is -2.36. The first kappa shape index (κ1) is 17.5. The Kier molecular flexibility index (Phi) is 5.41. The first-order chi connectivity index (χ1) is 12.1. The largest absolute Gasteiger partial charge is 0.497 e. The molecule has 1 fully saturated rings. The lowest BCUT2D eigenvalue weighted by molar-refractivity contribution is -0.133. The zero-order chi connectivity index (χ0) is 17.8. The lowest BCUT2D eigenvalue weighted by atomic mass is 9.99. The highest BCUT2D eigenvalue weighted by atomic mass is 16.5. The van der Waals surface area contributed by atoms with Crippen molar-refractivity contribution in [2.75, 3.05) is 13.7 Å². The maximum Gasteiger partial charge on any atom is 0.227 e. The second-order valence-corrected chi connectivity index (χ2v) is 6.70. The van der Waals surface area contributed by atoms with Crippen LogP contribution in [-0.2, 0) is 11.2 Å². The number of likely N-dealkylation sites (tertiary alicyclic amines) is 1. The highest BCUT2D eigenvalue weighted by molar-refractivity contribution is 5.79. The molecule has 5 nitrogen and oxygen atoms in total. The molecule has 0 aliphatic carbocycles. The zero-order valence-corrected chi connectivity index (χ0v) is 15.2. The topological polar surface area (TPSA) is 55.6 Å². The monoisotopic (exact) mass is 342 g/mol. The Morgan fingerprint density at radius 2 is 2.00 bits per heavy atom. The van der Waals surface area contributed by atoms with Gasteiger partial charge in [0.05, 0.1) is 25.3 Å². The fraction of sp³-hybridized carbons (Fsp3) is 0.500. The minimum absolute atomic E-state index is 0.126. The SMILES string of the molecule is COc1ccc([C@H]2CCCCCN2C(=O)Cc2c(C)noc2C)cc1. The molecule has 134 valence electrons. The van der Waals surface area contributed by atoms with Crippen molar-refractivity contribution in [3.8, 4) is 5.75 Å². The van der Waals surface area contributed by atoms with Gasteiger partial charge in [0.2, 0.25) is 5.91 Å². The van der Waals surface area contributed by atoms with E-state index in [4.69, 9.17) is 9.26 Å². The summed E-state index contributed by atoms with van der Waals surface area (Å²) < 4.78 is 10.5. The van der Waals surface area contributed by atoms with E-state index in [9.17, 15) is 4.79 Å². The molecule has 1 aliphatic heterocycles. The van der Waals surface area contributed by atoms with E-state index in [1.807, 2.05) is 30.9 Å². The van der Waals surface area contributed by atoms with Crippen LogP contribution in [0.5, 0.6) is 5.75 Å². The van der Waals surface area contributed by atoms with Crippen LogP contribution >= 0.6 is 0 Å². The predicted molar refractivity (Wildman–Crippen MR) is 95.6 cm³/mol. The van der Waals surface area contributed by atoms with E-state index in [2.05, 4.69) is 17.3 Å². The number of nitrogens with zero attached hydrogens (tertiary/aromatic N) is 2. The van der Waals surface area contributed by atoms with Crippen LogP contribution in [0.15, 0.2) is 28.8 Å². The molecule has 1 amide bonds. The van der Waals surface area contributed by atoms with Crippen molar-refractivity contribution < 1.29 is 14.1 Å². The number of amides is 1. The molecule has 1 aliphatic rings. The third-order valence-corrected chi connectivity index (χ3v) is 5.08. The molecular weight excluding hydrogens is 316 g/mol. The van der Waals surface area contributed by atoms with E-state index >= 15 is 0 Å². The van der Waals surface area contributed by atoms with Crippen LogP contribution in [0.3, 0.4) is 0 Å². The Bertz CT molecular complexity index is 702. The summed E-state index contributed by atoms with van der Waals surface area (Å²) in [5, 5.41) is 3.97. The highest BCUT2D eigenvalue weighted by Crippen LogP contribution is 2.32. The number of rotatable bonds is 4. The molecule has 1 aromatic carbocycles. The van der Waals surface area contributed by atoms with Gasteiger partial charge in [0.25, 0.3) is 0 Å². The summed E-state index contributed by atoms with van der Waals surface area (Å²) in [6.45, 7) is 4.56. The van der Waals surface area contributed by atoms with Gasteiger partial charge in [-0.2, -0.15) is 0 Å². The van der Waals surface area contributed by atoms with Gasteiger partial charge in [-0.1, -0.05) is 30.1 Å². The van der Waals surface area contributed by atoms with Gasteiger partial charge in [-0.25, -0.2) is 0 Å². The van der Waals surface area contributed by atoms with Crippen molar-refractivity contribution in [3.63, 3.8) is 0 Å². The third-order valence-electron chi connectivity index (χ3n) is 5.08. The molecule has 0 radical (unpaired) electrons. The predicted octanol–water partition coefficient (Wildman–Crippen LogP) is 3.99. The van der Waals surface area contributed by atoms with Crippen LogP contribution in [0, 0.1) is 13.8 Å². The zero-order valence-electron chi connectivity index (χ0n) is 15.2. The van der Waals surface area contributed by atoms with Gasteiger partial charge in [0.1, 0.15) is 11.5 Å². The van der Waals surface area contributed by atoms with Crippen molar-refractivity contribution in [2.24, 2.45) is 0 Å². The second-order valence-electron chi connectivity index (χ2n) is 6.70. The maximum atomic E-state index is 13.1. The fourth-order valence-corrected chi connectivity index (χ4v) is 3.59. The molecule has 2 heterocycles. The highest BCUT2D eigenvalue weighted by Gasteiger charge is 2.28. The number of benzene rings is 1. The number of aryl methyl sites for hydroxylation is 2. The first-order valence-corrected chi connectivity index (χ1v) is 8.95. The van der Waals surface area contributed by atoms with Crippen molar-refractivity contribution in [3.05, 3.63) is 46.8 Å². The standard InChI is InChI=1S/C20H26N2O3/c1-14-18(15(2)25-21-14)13-20(23)22-12-6-4-5-7-19(22)16-8-10-17(24-3)11-9-16/h8-11,19H,4-7,12-13H2,1-3H3/t19-/m1/s1. The molecule has 0 bridgehead atoms. The number of carbonyl (C=O) groups excluding carboxylic acids is 1. The average Bonchev–Trinajstić information content (AvgIpc) is 2.83. The number of hydrogen-bond donors (Lipinski definition) is 0. The van der Waals surface area contributed by atoms with Gasteiger partial charge in [-0.05, 0) is 44.4 Å². The van der Waals surface area contributed by atoms with Gasteiger partial charge in [-0.15, -0.1) is 0 Å². The number of aromatic nitrogens is 1. The summed E-state index contributed by atoms with van der Waals surface area (Å²) in [6, 6.07) is 8.21. The normalized spacial score (nSPS) is 18.0. The molecule has 3 rings (SSSR count). The molecule has 25 heavy (non-hydrogen) atoms. The average molecular weight is 342 g/mol. The van der Waals surface area contributed by atoms with E-state index in [1.165, 1.54) is 12.0 Å². The van der Waals surface area contributed by atoms with Crippen LogP contribution in [-0.4, -0.2) is 29.6 Å². The van der Waals surface area contributed by atoms with E-state index in [1.54, 1.807) is 7.11 Å². The van der Waals surface area contributed by atoms with Gasteiger partial charge in [-0.3, -0.25) is 4.79 Å². The van der Waals surface area contributed by atoms with E-state index < -0.39 is 0 Å². The van der Waals surface area contributed by atoms with Crippen LogP contribution in [0.4, 0.5) is 0 Å². The molecule has 1 saturated heterocycles. The second kappa shape index (κ2) is 7.72. The Hall–Kier alpha value is -2.30. The third kappa shape index (κ3) is 3.86. The van der Waals surface area contributed by atoms with Crippen LogP contribution in [0.1, 0.15) is 54.3 Å². The summed E-state index contributed by atoms with van der Waals surface area (Å²) in [5.41, 5.74) is 2.90. The fourth-order valence-electron chi connectivity index (χ4n) is 3.59. The van der Waals surface area contributed by atoms with Crippen molar-refractivity contribution in [1.29, 1.82) is 0 Å². The lowest BCUT2D eigenvalue weighted by Gasteiger charge is -2.30. The van der Waals surface area contributed by atoms with Crippen molar-refractivity contribution in [2.45, 2.75) is 52.0 Å². The number of carbonyl (C=O) groups is 1. The van der Waals surface area contributed by atoms with E-state index in [0.717, 1.165) is 48.6 Å². The van der Waals surface area contributed by atoms with Crippen molar-refractivity contribution in [1.82, 2.24) is 10.1 Å². The number of ether oxygens (including phenoxy) is 1. The van der Waals surface area contributed by atoms with Gasteiger partial charge >= 0.3 is 0 Å². The summed E-state index contributed by atoms with van der Waals surface area (Å²) in [4.78, 5) is 15.1. The van der Waals surface area contributed by atoms with E-state index in [0.29, 0.717) is 6.42 Å². The molecule has 0 saturated carbocycles. The molecule has 1 aromatic heterocycles. The van der Waals surface area contributed by atoms with Gasteiger partial charge in [0.15, 0.2) is 0 Å². The number of methoxy groups -OCH3 is 1. The summed E-state index contributed by atoms with van der Waals surface area (Å²) in [7, 11) is 1.67. The van der Waals surface area contributed by atoms with Crippen LogP contribution < -0.4 is 4.74 Å². The Balaban J connectivity index is 1.83. The minimum Gasteiger partial charge on any atom is -0.497 e. The number of hydrogen-bond acceptors (Lipinski definition) is 4. The summed E-state index contributed by atoms with van der Waals surface area (Å²) >= 11 is 0.